The fourth-order valence-corrected chi connectivity index (χ4v) is 2.66. The second-order valence-electron chi connectivity index (χ2n) is 4.76. The van der Waals surface area contributed by atoms with E-state index in [1.54, 1.807) is 23.6 Å². The van der Waals surface area contributed by atoms with Crippen molar-refractivity contribution in [2.75, 3.05) is 0 Å². The summed E-state index contributed by atoms with van der Waals surface area (Å²) in [5.41, 5.74) is 5.68. The van der Waals surface area contributed by atoms with Crippen LogP contribution in [0, 0.1) is 6.92 Å². The summed E-state index contributed by atoms with van der Waals surface area (Å²) in [6, 6.07) is 13.5. The third kappa shape index (κ3) is 3.29. The molecule has 0 saturated carbocycles. The molecule has 0 radical (unpaired) electrons. The van der Waals surface area contributed by atoms with E-state index < -0.39 is 0 Å². The van der Waals surface area contributed by atoms with E-state index in [-0.39, 0.29) is 5.91 Å². The topological polar surface area (TPSA) is 70.1 Å². The van der Waals surface area contributed by atoms with E-state index in [2.05, 4.69) is 20.7 Å². The molecule has 2 heterocycles. The zero-order chi connectivity index (χ0) is 15.4. The summed E-state index contributed by atoms with van der Waals surface area (Å²) in [6.07, 6.45) is 1.61. The number of amides is 1. The van der Waals surface area contributed by atoms with Crippen LogP contribution in [0.4, 0.5) is 0 Å². The lowest BCUT2D eigenvalue weighted by atomic mass is 10.2. The Bertz CT molecular complexity index is 805. The van der Waals surface area contributed by atoms with Gasteiger partial charge in [0.25, 0.3) is 5.91 Å². The van der Waals surface area contributed by atoms with Gasteiger partial charge in [0, 0.05) is 0 Å². The van der Waals surface area contributed by atoms with Crippen molar-refractivity contribution in [2.24, 2.45) is 5.10 Å². The monoisotopic (exact) mass is 310 g/mol. The van der Waals surface area contributed by atoms with Crippen molar-refractivity contribution in [3.8, 4) is 10.6 Å². The Kier molecular flexibility index (Phi) is 4.11. The van der Waals surface area contributed by atoms with Crippen molar-refractivity contribution in [2.45, 2.75) is 6.92 Å². The van der Waals surface area contributed by atoms with Gasteiger partial charge in [0.15, 0.2) is 5.69 Å². The van der Waals surface area contributed by atoms with Crippen LogP contribution >= 0.6 is 11.3 Å². The molecular weight excluding hydrogens is 296 g/mol. The molecule has 3 aromatic rings. The van der Waals surface area contributed by atoms with E-state index in [1.807, 2.05) is 48.7 Å². The number of carbonyl (C=O) groups is 1. The normalized spacial score (nSPS) is 11.0. The van der Waals surface area contributed by atoms with E-state index in [4.69, 9.17) is 0 Å². The third-order valence-electron chi connectivity index (χ3n) is 3.02. The van der Waals surface area contributed by atoms with Gasteiger partial charge in [-0.25, -0.2) is 5.43 Å². The highest BCUT2D eigenvalue weighted by molar-refractivity contribution is 7.13. The summed E-state index contributed by atoms with van der Waals surface area (Å²) in [5, 5.41) is 12.8. The molecule has 0 spiro atoms. The molecule has 1 aromatic carbocycles. The molecule has 3 rings (SSSR count). The first-order chi connectivity index (χ1) is 10.7. The van der Waals surface area contributed by atoms with Gasteiger partial charge in [-0.15, -0.1) is 11.3 Å². The number of thiophene rings is 1. The highest BCUT2D eigenvalue weighted by Gasteiger charge is 2.10. The van der Waals surface area contributed by atoms with Crippen molar-refractivity contribution in [1.82, 2.24) is 15.6 Å². The molecule has 0 aliphatic heterocycles. The van der Waals surface area contributed by atoms with Gasteiger partial charge in [-0.05, 0) is 30.0 Å². The number of hydrogen-bond acceptors (Lipinski definition) is 4. The number of aromatic nitrogens is 2. The average Bonchev–Trinajstić information content (AvgIpc) is 3.18. The van der Waals surface area contributed by atoms with Gasteiger partial charge in [0.05, 0.1) is 16.8 Å². The molecule has 0 fully saturated rings. The molecule has 0 aliphatic carbocycles. The van der Waals surface area contributed by atoms with Gasteiger partial charge in [-0.2, -0.15) is 10.2 Å². The fraction of sp³-hybridized carbons (Fsp3) is 0.0625. The average molecular weight is 310 g/mol. The molecule has 0 aliphatic rings. The number of hydrogen-bond donors (Lipinski definition) is 2. The predicted molar refractivity (Wildman–Crippen MR) is 88.1 cm³/mol. The molecule has 0 atom stereocenters. The maximum Gasteiger partial charge on any atom is 0.291 e. The fourth-order valence-electron chi connectivity index (χ4n) is 1.97. The molecule has 0 saturated heterocycles. The number of rotatable bonds is 4. The smallest absolute Gasteiger partial charge is 0.276 e. The van der Waals surface area contributed by atoms with Gasteiger partial charge in [0.1, 0.15) is 0 Å². The molecule has 22 heavy (non-hydrogen) atoms. The first kappa shape index (κ1) is 14.2. The Morgan fingerprint density at radius 2 is 2.23 bits per heavy atom. The summed E-state index contributed by atoms with van der Waals surface area (Å²) in [7, 11) is 0. The number of hydrazone groups is 1. The molecule has 110 valence electrons. The lowest BCUT2D eigenvalue weighted by Crippen LogP contribution is -2.18. The van der Waals surface area contributed by atoms with Crippen molar-refractivity contribution in [3.05, 3.63) is 64.7 Å². The predicted octanol–water partition coefficient (Wildman–Crippen LogP) is 3.21. The van der Waals surface area contributed by atoms with Crippen molar-refractivity contribution >= 4 is 23.5 Å². The summed E-state index contributed by atoms with van der Waals surface area (Å²) in [4.78, 5) is 13.0. The van der Waals surface area contributed by atoms with Gasteiger partial charge >= 0.3 is 0 Å². The third-order valence-corrected chi connectivity index (χ3v) is 3.92. The van der Waals surface area contributed by atoms with Crippen molar-refractivity contribution in [3.63, 3.8) is 0 Å². The zero-order valence-electron chi connectivity index (χ0n) is 11.9. The van der Waals surface area contributed by atoms with E-state index in [0.717, 1.165) is 21.7 Å². The highest BCUT2D eigenvalue weighted by atomic mass is 32.1. The van der Waals surface area contributed by atoms with Crippen LogP contribution < -0.4 is 5.43 Å². The highest BCUT2D eigenvalue weighted by Crippen LogP contribution is 2.22. The Hall–Kier alpha value is -2.73. The summed E-state index contributed by atoms with van der Waals surface area (Å²) < 4.78 is 0. The summed E-state index contributed by atoms with van der Waals surface area (Å²) in [5.74, 6) is -0.344. The number of aryl methyl sites for hydroxylation is 1. The van der Waals surface area contributed by atoms with Crippen LogP contribution in [0.3, 0.4) is 0 Å². The van der Waals surface area contributed by atoms with Crippen LogP contribution in [-0.2, 0) is 0 Å². The van der Waals surface area contributed by atoms with E-state index in [0.29, 0.717) is 5.69 Å². The Balaban J connectivity index is 1.65. The first-order valence-corrected chi connectivity index (χ1v) is 7.60. The summed E-state index contributed by atoms with van der Waals surface area (Å²) in [6.45, 7) is 2.01. The van der Waals surface area contributed by atoms with E-state index in [1.165, 1.54) is 0 Å². The minimum absolute atomic E-state index is 0.310. The Morgan fingerprint density at radius 1 is 1.32 bits per heavy atom. The van der Waals surface area contributed by atoms with Gasteiger partial charge in [-0.3, -0.25) is 9.89 Å². The Morgan fingerprint density at radius 3 is 3.00 bits per heavy atom. The Labute approximate surface area is 131 Å². The second kappa shape index (κ2) is 6.36. The van der Waals surface area contributed by atoms with Crippen LogP contribution in [0.2, 0.25) is 0 Å². The number of carbonyl (C=O) groups excluding carboxylic acids is 1. The maximum absolute atomic E-state index is 12.0. The van der Waals surface area contributed by atoms with Gasteiger partial charge in [-0.1, -0.05) is 35.9 Å². The number of H-pyrrole nitrogens is 1. The van der Waals surface area contributed by atoms with Crippen LogP contribution in [-0.4, -0.2) is 22.3 Å². The van der Waals surface area contributed by atoms with E-state index >= 15 is 0 Å². The van der Waals surface area contributed by atoms with Crippen LogP contribution in [0.15, 0.2) is 52.9 Å². The quantitative estimate of drug-likeness (QED) is 0.574. The molecule has 2 aromatic heterocycles. The van der Waals surface area contributed by atoms with Crippen LogP contribution in [0.5, 0.6) is 0 Å². The number of nitrogens with one attached hydrogen (secondary N) is 2. The van der Waals surface area contributed by atoms with Crippen LogP contribution in [0.25, 0.3) is 10.6 Å². The van der Waals surface area contributed by atoms with Crippen molar-refractivity contribution in [1.29, 1.82) is 0 Å². The minimum Gasteiger partial charge on any atom is -0.276 e. The zero-order valence-corrected chi connectivity index (χ0v) is 12.7. The maximum atomic E-state index is 12.0. The largest absolute Gasteiger partial charge is 0.291 e. The minimum atomic E-state index is -0.344. The molecular formula is C16H14N4OS. The number of aromatic amines is 1. The molecule has 0 bridgehead atoms. The summed E-state index contributed by atoms with van der Waals surface area (Å²) >= 11 is 1.58. The first-order valence-electron chi connectivity index (χ1n) is 6.72. The molecule has 6 heteroatoms. The molecule has 5 nitrogen and oxygen atoms in total. The SMILES string of the molecule is Cc1cccc(/C=N\NC(=O)c2cc(-c3cccs3)[nH]n2)c1. The molecule has 0 unspecified atom stereocenters. The molecule has 1 amide bonds. The number of benzene rings is 1. The van der Waals surface area contributed by atoms with E-state index in [9.17, 15) is 4.79 Å². The standard InChI is InChI=1S/C16H14N4OS/c1-11-4-2-5-12(8-11)10-17-20-16(21)14-9-13(18-19-14)15-6-3-7-22-15/h2-10H,1H3,(H,18,19)(H,20,21)/b17-10-. The lowest BCUT2D eigenvalue weighted by Gasteiger charge is -1.96. The van der Waals surface area contributed by atoms with Gasteiger partial charge < -0.3 is 0 Å². The van der Waals surface area contributed by atoms with Crippen molar-refractivity contribution < 1.29 is 4.79 Å². The lowest BCUT2D eigenvalue weighted by molar-refractivity contribution is 0.0950. The number of nitrogens with zero attached hydrogens (tertiary/aromatic N) is 2. The second-order valence-corrected chi connectivity index (χ2v) is 5.71. The van der Waals surface area contributed by atoms with Crippen LogP contribution in [0.1, 0.15) is 21.6 Å². The molecule has 2 N–H and O–H groups in total. The van der Waals surface area contributed by atoms with Gasteiger partial charge in [0.2, 0.25) is 0 Å².